The molecular weight excluding hydrogens is 250 g/mol. The lowest BCUT2D eigenvalue weighted by molar-refractivity contribution is -0.539. The Hall–Kier alpha value is -2.81. The maximum Gasteiger partial charge on any atom is 0.260 e. The van der Waals surface area contributed by atoms with Gasteiger partial charge in [-0.2, -0.15) is 4.57 Å². The zero-order chi connectivity index (χ0) is 13.9. The highest BCUT2D eigenvalue weighted by atomic mass is 16.3. The smallest absolute Gasteiger partial charge is 0.260 e. The summed E-state index contributed by atoms with van der Waals surface area (Å²) in [7, 11) is 0. The molecule has 3 nitrogen and oxygen atoms in total. The van der Waals surface area contributed by atoms with Crippen molar-refractivity contribution in [3.8, 4) is 5.75 Å². The van der Waals surface area contributed by atoms with Crippen LogP contribution in [0.5, 0.6) is 5.75 Å². The van der Waals surface area contributed by atoms with E-state index in [1.165, 1.54) is 0 Å². The van der Waals surface area contributed by atoms with Gasteiger partial charge in [0, 0.05) is 11.6 Å². The molecule has 98 valence electrons. The number of hydrogen-bond donors (Lipinski definition) is 2. The Bertz CT molecular complexity index is 774. The normalized spacial score (nSPS) is 11.7. The largest absolute Gasteiger partial charge is 0.502 e. The highest BCUT2D eigenvalue weighted by Gasteiger charge is 2.12. The fourth-order valence-corrected chi connectivity index (χ4v) is 2.20. The molecule has 3 rings (SSSR count). The van der Waals surface area contributed by atoms with Crippen molar-refractivity contribution >= 4 is 22.9 Å². The van der Waals surface area contributed by atoms with Crippen LogP contribution >= 0.6 is 0 Å². The van der Waals surface area contributed by atoms with E-state index < -0.39 is 0 Å². The molecule has 0 aliphatic carbocycles. The number of phenols is 1. The monoisotopic (exact) mass is 264 g/mol. The number of rotatable bonds is 2. The zero-order valence-corrected chi connectivity index (χ0v) is 10.8. The van der Waals surface area contributed by atoms with Gasteiger partial charge in [0.2, 0.25) is 6.20 Å². The highest BCUT2D eigenvalue weighted by Crippen LogP contribution is 2.20. The quantitative estimate of drug-likeness (QED) is 0.550. The standard InChI is InChI=1S/C17H13NO2/c19-15-10-4-8-14-9-5-11-18(17(14)15)12-16(20)13-6-2-1-3-7-13/h1-12H,(H-,19,20)/p+1/b16-12-. The molecule has 0 aliphatic rings. The Morgan fingerprint density at radius 1 is 0.900 bits per heavy atom. The van der Waals surface area contributed by atoms with Crippen molar-refractivity contribution in [2.75, 3.05) is 0 Å². The van der Waals surface area contributed by atoms with E-state index in [1.54, 1.807) is 29.1 Å². The molecular formula is C17H14NO2+. The van der Waals surface area contributed by atoms with E-state index in [4.69, 9.17) is 0 Å². The van der Waals surface area contributed by atoms with Crippen LogP contribution < -0.4 is 4.57 Å². The van der Waals surface area contributed by atoms with Crippen LogP contribution in [0.2, 0.25) is 0 Å². The first-order valence-electron chi connectivity index (χ1n) is 6.34. The van der Waals surface area contributed by atoms with Crippen molar-refractivity contribution in [3.05, 3.63) is 72.4 Å². The van der Waals surface area contributed by atoms with Crippen molar-refractivity contribution in [1.82, 2.24) is 0 Å². The number of aliphatic hydroxyl groups is 1. The molecule has 0 saturated carbocycles. The molecule has 1 aromatic heterocycles. The van der Waals surface area contributed by atoms with Crippen LogP contribution in [-0.2, 0) is 0 Å². The summed E-state index contributed by atoms with van der Waals surface area (Å²) in [6.07, 6.45) is 3.39. The molecule has 0 fully saturated rings. The maximum atomic E-state index is 10.2. The second kappa shape index (κ2) is 5.05. The average Bonchev–Trinajstić information content (AvgIpc) is 2.48. The van der Waals surface area contributed by atoms with Crippen molar-refractivity contribution < 1.29 is 14.8 Å². The second-order valence-corrected chi connectivity index (χ2v) is 4.51. The number of hydrogen-bond acceptors (Lipinski definition) is 2. The van der Waals surface area contributed by atoms with E-state index in [2.05, 4.69) is 0 Å². The molecule has 3 aromatic rings. The molecule has 0 amide bonds. The van der Waals surface area contributed by atoms with Gasteiger partial charge in [-0.1, -0.05) is 36.4 Å². The van der Waals surface area contributed by atoms with E-state index >= 15 is 0 Å². The van der Waals surface area contributed by atoms with Gasteiger partial charge in [-0.25, -0.2) is 0 Å². The fourth-order valence-electron chi connectivity index (χ4n) is 2.20. The molecule has 0 atom stereocenters. The van der Waals surface area contributed by atoms with Crippen LogP contribution in [-0.4, -0.2) is 10.2 Å². The van der Waals surface area contributed by atoms with Crippen LogP contribution in [0.25, 0.3) is 22.9 Å². The van der Waals surface area contributed by atoms with Crippen LogP contribution in [0, 0.1) is 0 Å². The summed E-state index contributed by atoms with van der Waals surface area (Å²) in [5, 5.41) is 21.1. The molecule has 0 radical (unpaired) electrons. The van der Waals surface area contributed by atoms with Crippen LogP contribution in [0.4, 0.5) is 0 Å². The third-order valence-electron chi connectivity index (χ3n) is 3.16. The lowest BCUT2D eigenvalue weighted by Gasteiger charge is -2.00. The first-order valence-corrected chi connectivity index (χ1v) is 6.34. The van der Waals surface area contributed by atoms with E-state index in [0.717, 1.165) is 10.9 Å². The molecule has 0 aliphatic heterocycles. The Kier molecular flexibility index (Phi) is 3.09. The van der Waals surface area contributed by atoms with Gasteiger partial charge in [-0.15, -0.1) is 0 Å². The lowest BCUT2D eigenvalue weighted by atomic mass is 10.2. The Morgan fingerprint density at radius 2 is 1.65 bits per heavy atom. The number of para-hydroxylation sites is 1. The van der Waals surface area contributed by atoms with Crippen molar-refractivity contribution in [3.63, 3.8) is 0 Å². The number of nitrogens with zero attached hydrogens (tertiary/aromatic N) is 1. The number of aliphatic hydroxyl groups excluding tert-OH is 1. The number of aromatic hydroxyl groups is 1. The fraction of sp³-hybridized carbons (Fsp3) is 0. The van der Waals surface area contributed by atoms with Crippen molar-refractivity contribution in [2.45, 2.75) is 0 Å². The Labute approximate surface area is 116 Å². The van der Waals surface area contributed by atoms with Crippen molar-refractivity contribution in [1.29, 1.82) is 0 Å². The molecule has 0 bridgehead atoms. The first-order chi connectivity index (χ1) is 9.75. The number of benzene rings is 2. The molecule has 3 heteroatoms. The summed E-state index contributed by atoms with van der Waals surface area (Å²) in [4.78, 5) is 0. The molecule has 0 spiro atoms. The van der Waals surface area contributed by atoms with E-state index in [0.29, 0.717) is 5.52 Å². The summed E-state index contributed by atoms with van der Waals surface area (Å²) in [6, 6.07) is 18.4. The first kappa shape index (κ1) is 12.2. The summed E-state index contributed by atoms with van der Waals surface area (Å²) in [5.41, 5.74) is 1.39. The van der Waals surface area contributed by atoms with Crippen LogP contribution in [0.1, 0.15) is 5.56 Å². The zero-order valence-electron chi connectivity index (χ0n) is 10.8. The van der Waals surface area contributed by atoms with Gasteiger partial charge in [-0.3, -0.25) is 0 Å². The predicted octanol–water partition coefficient (Wildman–Crippen LogP) is 3.35. The van der Waals surface area contributed by atoms with Crippen molar-refractivity contribution in [2.24, 2.45) is 0 Å². The van der Waals surface area contributed by atoms with Crippen LogP contribution in [0.3, 0.4) is 0 Å². The lowest BCUT2D eigenvalue weighted by Crippen LogP contribution is -2.26. The molecule has 0 saturated heterocycles. The van der Waals surface area contributed by atoms with E-state index in [9.17, 15) is 10.2 Å². The van der Waals surface area contributed by atoms with Gasteiger partial charge in [0.25, 0.3) is 5.52 Å². The molecule has 20 heavy (non-hydrogen) atoms. The van der Waals surface area contributed by atoms with Gasteiger partial charge in [0.1, 0.15) is 0 Å². The third-order valence-corrected chi connectivity index (χ3v) is 3.16. The minimum Gasteiger partial charge on any atom is -0.502 e. The van der Waals surface area contributed by atoms with Gasteiger partial charge >= 0.3 is 0 Å². The second-order valence-electron chi connectivity index (χ2n) is 4.51. The summed E-state index contributed by atoms with van der Waals surface area (Å²) >= 11 is 0. The molecule has 0 unspecified atom stereocenters. The Morgan fingerprint density at radius 3 is 2.45 bits per heavy atom. The minimum atomic E-state index is 0.145. The van der Waals surface area contributed by atoms with E-state index in [1.807, 2.05) is 48.5 Å². The molecule has 2 N–H and O–H groups in total. The summed E-state index contributed by atoms with van der Waals surface area (Å²) in [5.74, 6) is 0.326. The summed E-state index contributed by atoms with van der Waals surface area (Å²) < 4.78 is 1.72. The highest BCUT2D eigenvalue weighted by molar-refractivity contribution is 5.82. The van der Waals surface area contributed by atoms with Gasteiger partial charge < -0.3 is 10.2 Å². The molecule has 1 heterocycles. The topological polar surface area (TPSA) is 44.3 Å². The van der Waals surface area contributed by atoms with Gasteiger partial charge in [0.15, 0.2) is 17.7 Å². The van der Waals surface area contributed by atoms with Gasteiger partial charge in [0.05, 0.1) is 5.39 Å². The third kappa shape index (κ3) is 2.21. The van der Waals surface area contributed by atoms with E-state index in [-0.39, 0.29) is 11.5 Å². The minimum absolute atomic E-state index is 0.145. The maximum absolute atomic E-state index is 10.2. The van der Waals surface area contributed by atoms with Crippen LogP contribution in [0.15, 0.2) is 66.9 Å². The van der Waals surface area contributed by atoms with Gasteiger partial charge in [-0.05, 0) is 18.2 Å². The number of fused-ring (bicyclic) bond motifs is 1. The molecule has 2 aromatic carbocycles. The number of aromatic nitrogens is 1. The average molecular weight is 264 g/mol. The number of pyridine rings is 1. The Balaban J connectivity index is 2.16. The summed E-state index contributed by atoms with van der Waals surface area (Å²) in [6.45, 7) is 0. The SMILES string of the molecule is O/C(=C\[n+]1cccc2cccc(O)c21)c1ccccc1. The number of phenolic OH excluding ortho intramolecular Hbond substituents is 1. The predicted molar refractivity (Wildman–Crippen MR) is 79.0 cm³/mol.